The average Bonchev–Trinajstić information content (AvgIpc) is 3.18. The largest absolute Gasteiger partial charge is 0.489 e. The van der Waals surface area contributed by atoms with Crippen LogP contribution in [0.15, 0.2) is 22.4 Å². The van der Waals surface area contributed by atoms with E-state index >= 15 is 0 Å². The third kappa shape index (κ3) is 5.36. The van der Waals surface area contributed by atoms with Crippen LogP contribution >= 0.6 is 0 Å². The molecule has 0 radical (unpaired) electrons. The molecule has 0 spiro atoms. The third-order valence-corrected chi connectivity index (χ3v) is 6.42. The zero-order chi connectivity index (χ0) is 21.8. The number of nitrogens with zero attached hydrogens (tertiary/aromatic N) is 4. The lowest BCUT2D eigenvalue weighted by Gasteiger charge is -2.24. The third-order valence-electron chi connectivity index (χ3n) is 6.42. The summed E-state index contributed by atoms with van der Waals surface area (Å²) in [5.74, 6) is 8.86. The lowest BCUT2D eigenvalue weighted by molar-refractivity contribution is 0.153. The Labute approximate surface area is 184 Å². The van der Waals surface area contributed by atoms with Crippen molar-refractivity contribution in [1.82, 2.24) is 20.1 Å². The zero-order valence-corrected chi connectivity index (χ0v) is 18.6. The molecule has 4 N–H and O–H groups in total. The maximum Gasteiger partial charge on any atom is 0.226 e. The van der Waals surface area contributed by atoms with Crippen molar-refractivity contribution in [3.63, 3.8) is 0 Å². The summed E-state index contributed by atoms with van der Waals surface area (Å²) < 4.78 is 11.6. The second-order valence-electron chi connectivity index (χ2n) is 8.91. The highest BCUT2D eigenvalue weighted by molar-refractivity contribution is 5.63. The first kappa shape index (κ1) is 21.6. The molecule has 168 valence electrons. The molecule has 2 heterocycles. The quantitative estimate of drug-likeness (QED) is 0.487. The molecule has 8 nitrogen and oxygen atoms in total. The van der Waals surface area contributed by atoms with Gasteiger partial charge in [-0.3, -0.25) is 0 Å². The summed E-state index contributed by atoms with van der Waals surface area (Å²) in [4.78, 5) is 9.23. The van der Waals surface area contributed by atoms with Crippen molar-refractivity contribution in [1.29, 1.82) is 0 Å². The van der Waals surface area contributed by atoms with Gasteiger partial charge in [0.25, 0.3) is 0 Å². The van der Waals surface area contributed by atoms with Crippen molar-refractivity contribution in [2.45, 2.75) is 77.2 Å². The summed E-state index contributed by atoms with van der Waals surface area (Å²) in [6.45, 7) is 1.95. The van der Waals surface area contributed by atoms with Crippen molar-refractivity contribution in [3.05, 3.63) is 40.9 Å². The Bertz CT molecular complexity index is 913. The number of nitrogens with two attached hydrogens (primary N) is 2. The van der Waals surface area contributed by atoms with Crippen LogP contribution in [0, 0.1) is 12.8 Å². The number of hydrogen-bond acceptors (Lipinski definition) is 8. The number of aryl methyl sites for hydroxylation is 1. The summed E-state index contributed by atoms with van der Waals surface area (Å²) in [5, 5.41) is 5.62. The van der Waals surface area contributed by atoms with Gasteiger partial charge in [0, 0.05) is 13.5 Å². The summed E-state index contributed by atoms with van der Waals surface area (Å²) in [7, 11) is 1.75. The van der Waals surface area contributed by atoms with Gasteiger partial charge in [-0.25, -0.2) is 10.8 Å². The van der Waals surface area contributed by atoms with Crippen LogP contribution in [0.4, 0.5) is 0 Å². The van der Waals surface area contributed by atoms with Crippen molar-refractivity contribution in [2.75, 3.05) is 7.05 Å². The number of ether oxygens (including phenoxy) is 1. The summed E-state index contributed by atoms with van der Waals surface area (Å²) in [6.07, 6.45) is 11.3. The predicted molar refractivity (Wildman–Crippen MR) is 119 cm³/mol. The molecule has 0 saturated heterocycles. The van der Waals surface area contributed by atoms with Gasteiger partial charge in [0.05, 0.1) is 35.3 Å². The smallest absolute Gasteiger partial charge is 0.226 e. The standard InChI is InChI=1S/C23H34N6O2/c1-15-20(30-17-9-4-3-5-10-17)12-11-18(26-15)23(24)19(29(2)25)14-21-27-22(31-28-21)13-16-7-6-8-16/h11-12,16-17H,3-10,13-14,24-25H2,1-2H3/b23-19-. The first-order chi connectivity index (χ1) is 15.0. The van der Waals surface area contributed by atoms with E-state index in [1.54, 1.807) is 7.05 Å². The van der Waals surface area contributed by atoms with Gasteiger partial charge in [-0.05, 0) is 63.5 Å². The van der Waals surface area contributed by atoms with Crippen LogP contribution < -0.4 is 16.3 Å². The maximum absolute atomic E-state index is 6.48. The second kappa shape index (κ2) is 9.68. The van der Waals surface area contributed by atoms with Gasteiger partial charge in [-0.1, -0.05) is 18.0 Å². The first-order valence-corrected chi connectivity index (χ1v) is 11.4. The van der Waals surface area contributed by atoms with Crippen molar-refractivity contribution >= 4 is 5.70 Å². The van der Waals surface area contributed by atoms with Gasteiger partial charge in [0.15, 0.2) is 5.82 Å². The number of likely N-dealkylation sites (N-methyl/N-ethyl adjacent to an activating group) is 1. The summed E-state index contributed by atoms with van der Waals surface area (Å²) in [6, 6.07) is 3.85. The molecule has 31 heavy (non-hydrogen) atoms. The van der Waals surface area contributed by atoms with Crippen LogP contribution in [0.3, 0.4) is 0 Å². The molecule has 2 saturated carbocycles. The van der Waals surface area contributed by atoms with Crippen molar-refractivity contribution in [2.24, 2.45) is 17.5 Å². The number of aromatic nitrogens is 3. The van der Waals surface area contributed by atoms with Gasteiger partial charge in [-0.15, -0.1) is 0 Å². The Kier molecular flexibility index (Phi) is 6.75. The minimum absolute atomic E-state index is 0.283. The molecule has 2 fully saturated rings. The normalized spacial score (nSPS) is 18.4. The highest BCUT2D eigenvalue weighted by Crippen LogP contribution is 2.30. The lowest BCUT2D eigenvalue weighted by Crippen LogP contribution is -2.29. The molecule has 2 aromatic rings. The van der Waals surface area contributed by atoms with Gasteiger partial charge in [0.1, 0.15) is 5.75 Å². The van der Waals surface area contributed by atoms with E-state index in [4.69, 9.17) is 25.8 Å². The maximum atomic E-state index is 6.48. The molecule has 0 atom stereocenters. The van der Waals surface area contributed by atoms with Crippen molar-refractivity contribution in [3.8, 4) is 5.75 Å². The summed E-state index contributed by atoms with van der Waals surface area (Å²) in [5.41, 5.74) is 9.17. The Hall–Kier alpha value is -2.61. The molecule has 0 unspecified atom stereocenters. The second-order valence-corrected chi connectivity index (χ2v) is 8.91. The molecule has 4 rings (SSSR count). The fourth-order valence-electron chi connectivity index (χ4n) is 4.28. The number of pyridine rings is 1. The van der Waals surface area contributed by atoms with E-state index in [0.717, 1.165) is 30.7 Å². The minimum Gasteiger partial charge on any atom is -0.489 e. The average molecular weight is 427 g/mol. The Morgan fingerprint density at radius 3 is 2.55 bits per heavy atom. The van der Waals surface area contributed by atoms with E-state index in [0.29, 0.717) is 41.1 Å². The molecule has 2 aliphatic carbocycles. The van der Waals surface area contributed by atoms with Crippen LogP contribution in [0.25, 0.3) is 5.70 Å². The molecule has 2 aliphatic rings. The van der Waals surface area contributed by atoms with E-state index in [1.807, 2.05) is 19.1 Å². The molecule has 8 heteroatoms. The fourth-order valence-corrected chi connectivity index (χ4v) is 4.28. The number of hydrazine groups is 1. The summed E-state index contributed by atoms with van der Waals surface area (Å²) >= 11 is 0. The van der Waals surface area contributed by atoms with Gasteiger partial charge in [0.2, 0.25) is 5.89 Å². The Morgan fingerprint density at radius 2 is 1.90 bits per heavy atom. The van der Waals surface area contributed by atoms with Crippen LogP contribution in [-0.2, 0) is 12.8 Å². The van der Waals surface area contributed by atoms with Crippen LogP contribution in [0.1, 0.15) is 74.5 Å². The molecular formula is C23H34N6O2. The van der Waals surface area contributed by atoms with Crippen LogP contribution in [0.2, 0.25) is 0 Å². The highest BCUT2D eigenvalue weighted by atomic mass is 16.5. The van der Waals surface area contributed by atoms with Crippen molar-refractivity contribution < 1.29 is 9.26 Å². The zero-order valence-electron chi connectivity index (χ0n) is 18.6. The SMILES string of the molecule is Cc1nc(/C(N)=C(\Cc2noc(CC3CCC3)n2)N(C)N)ccc1OC1CCCCC1. The number of hydrogen-bond donors (Lipinski definition) is 2. The van der Waals surface area contributed by atoms with E-state index in [9.17, 15) is 0 Å². The molecule has 0 bridgehead atoms. The lowest BCUT2D eigenvalue weighted by atomic mass is 9.83. The monoisotopic (exact) mass is 426 g/mol. The Morgan fingerprint density at radius 1 is 1.13 bits per heavy atom. The predicted octanol–water partition coefficient (Wildman–Crippen LogP) is 3.50. The van der Waals surface area contributed by atoms with E-state index in [2.05, 4.69) is 10.1 Å². The number of allylic oxidation sites excluding steroid dienone is 1. The molecular weight excluding hydrogens is 392 g/mol. The topological polar surface area (TPSA) is 116 Å². The molecule has 0 aromatic carbocycles. The van der Waals surface area contributed by atoms with Crippen LogP contribution in [-0.4, -0.2) is 33.3 Å². The van der Waals surface area contributed by atoms with E-state index < -0.39 is 0 Å². The van der Waals surface area contributed by atoms with Gasteiger partial charge < -0.3 is 20.0 Å². The van der Waals surface area contributed by atoms with Gasteiger partial charge in [-0.2, -0.15) is 4.98 Å². The van der Waals surface area contributed by atoms with E-state index in [-0.39, 0.29) is 6.10 Å². The fraction of sp³-hybridized carbons (Fsp3) is 0.609. The highest BCUT2D eigenvalue weighted by Gasteiger charge is 2.22. The minimum atomic E-state index is 0.283. The Balaban J connectivity index is 1.48. The molecule has 0 aliphatic heterocycles. The number of rotatable bonds is 8. The molecule has 0 amide bonds. The first-order valence-electron chi connectivity index (χ1n) is 11.4. The van der Waals surface area contributed by atoms with E-state index in [1.165, 1.54) is 43.5 Å². The van der Waals surface area contributed by atoms with Gasteiger partial charge >= 0.3 is 0 Å². The van der Waals surface area contributed by atoms with Crippen LogP contribution in [0.5, 0.6) is 5.75 Å². The molecule has 2 aromatic heterocycles.